The largest absolute Gasteiger partial charge is 0.393 e. The summed E-state index contributed by atoms with van der Waals surface area (Å²) >= 11 is 0. The molecule has 1 aromatic rings. The molecule has 2 fully saturated rings. The highest BCUT2D eigenvalue weighted by atomic mass is 16.3. The van der Waals surface area contributed by atoms with Gasteiger partial charge in [-0.05, 0) is 24.3 Å². The molecular weight excluding hydrogens is 210 g/mol. The monoisotopic (exact) mass is 231 g/mol. The van der Waals surface area contributed by atoms with Crippen molar-refractivity contribution in [2.24, 2.45) is 11.8 Å². The Bertz CT molecular complexity index is 364. The lowest BCUT2D eigenvalue weighted by atomic mass is 9.80. The number of likely N-dealkylation sites (tertiary alicyclic amines) is 1. The molecule has 2 unspecified atom stereocenters. The van der Waals surface area contributed by atoms with Gasteiger partial charge in [0.2, 0.25) is 0 Å². The number of rotatable bonds is 2. The average Bonchev–Trinajstić information content (AvgIpc) is 2.74. The summed E-state index contributed by atoms with van der Waals surface area (Å²) in [5, 5.41) is 10.0. The van der Waals surface area contributed by atoms with E-state index in [-0.39, 0.29) is 6.10 Å². The van der Waals surface area contributed by atoms with E-state index in [2.05, 4.69) is 35.2 Å². The van der Waals surface area contributed by atoms with Crippen molar-refractivity contribution in [3.05, 3.63) is 35.9 Å². The Kier molecular flexibility index (Phi) is 3.17. The van der Waals surface area contributed by atoms with E-state index in [4.69, 9.17) is 0 Å². The van der Waals surface area contributed by atoms with E-state index in [1.54, 1.807) is 0 Å². The summed E-state index contributed by atoms with van der Waals surface area (Å²) < 4.78 is 0. The van der Waals surface area contributed by atoms with Gasteiger partial charge in [0, 0.05) is 25.6 Å². The predicted molar refractivity (Wildman–Crippen MR) is 68.6 cm³/mol. The molecule has 3 atom stereocenters. The van der Waals surface area contributed by atoms with E-state index in [1.165, 1.54) is 24.9 Å². The Balaban J connectivity index is 1.64. The first-order valence-electron chi connectivity index (χ1n) is 6.77. The number of aliphatic hydroxyl groups is 1. The minimum atomic E-state index is -0.0467. The van der Waals surface area contributed by atoms with E-state index >= 15 is 0 Å². The van der Waals surface area contributed by atoms with Crippen LogP contribution in [0.4, 0.5) is 0 Å². The fraction of sp³-hybridized carbons (Fsp3) is 0.600. The second kappa shape index (κ2) is 4.79. The van der Waals surface area contributed by atoms with Crippen molar-refractivity contribution in [2.75, 3.05) is 13.1 Å². The zero-order valence-corrected chi connectivity index (χ0v) is 10.3. The van der Waals surface area contributed by atoms with Gasteiger partial charge in [-0.25, -0.2) is 0 Å². The summed E-state index contributed by atoms with van der Waals surface area (Å²) in [5.74, 6) is 1.27. The molecule has 17 heavy (non-hydrogen) atoms. The summed E-state index contributed by atoms with van der Waals surface area (Å²) in [5.41, 5.74) is 1.39. The fourth-order valence-corrected chi connectivity index (χ4v) is 3.50. The predicted octanol–water partition coefficient (Wildman–Crippen LogP) is 2.28. The maximum Gasteiger partial charge on any atom is 0.0583 e. The van der Waals surface area contributed by atoms with Gasteiger partial charge >= 0.3 is 0 Å². The van der Waals surface area contributed by atoms with Crippen LogP contribution in [0, 0.1) is 11.8 Å². The van der Waals surface area contributed by atoms with E-state index in [0.29, 0.717) is 5.92 Å². The van der Waals surface area contributed by atoms with Gasteiger partial charge in [0.1, 0.15) is 0 Å². The van der Waals surface area contributed by atoms with Crippen molar-refractivity contribution in [3.8, 4) is 0 Å². The Morgan fingerprint density at radius 3 is 2.71 bits per heavy atom. The standard InChI is InChI=1S/C15H21NO/c17-15-8-4-7-13-10-16(11-14(13)15)9-12-5-2-1-3-6-12/h1-3,5-6,13-15,17H,4,7-11H2/t13?,14?,15-/m1/s1. The second-order valence-corrected chi connectivity index (χ2v) is 5.60. The molecule has 0 radical (unpaired) electrons. The molecule has 2 heteroatoms. The van der Waals surface area contributed by atoms with Crippen molar-refractivity contribution in [1.29, 1.82) is 0 Å². The molecule has 1 N–H and O–H groups in total. The van der Waals surface area contributed by atoms with Gasteiger partial charge in [0.25, 0.3) is 0 Å². The van der Waals surface area contributed by atoms with Gasteiger partial charge in [-0.15, -0.1) is 0 Å². The van der Waals surface area contributed by atoms with Crippen molar-refractivity contribution in [3.63, 3.8) is 0 Å². The molecule has 1 aliphatic heterocycles. The first kappa shape index (κ1) is 11.2. The lowest BCUT2D eigenvalue weighted by Gasteiger charge is -2.28. The highest BCUT2D eigenvalue weighted by molar-refractivity contribution is 5.14. The van der Waals surface area contributed by atoms with Gasteiger partial charge in [0.15, 0.2) is 0 Å². The minimum Gasteiger partial charge on any atom is -0.393 e. The van der Waals surface area contributed by atoms with Crippen molar-refractivity contribution in [1.82, 2.24) is 4.90 Å². The Labute approximate surface area is 103 Å². The maximum absolute atomic E-state index is 10.0. The van der Waals surface area contributed by atoms with Gasteiger partial charge in [-0.2, -0.15) is 0 Å². The van der Waals surface area contributed by atoms with Crippen molar-refractivity contribution >= 4 is 0 Å². The van der Waals surface area contributed by atoms with Crippen LogP contribution in [0.25, 0.3) is 0 Å². The lowest BCUT2D eigenvalue weighted by molar-refractivity contribution is 0.0547. The first-order chi connectivity index (χ1) is 8.33. The summed E-state index contributed by atoms with van der Waals surface area (Å²) in [4.78, 5) is 2.51. The number of hydrogen-bond donors (Lipinski definition) is 1. The van der Waals surface area contributed by atoms with Crippen LogP contribution < -0.4 is 0 Å². The zero-order valence-electron chi connectivity index (χ0n) is 10.3. The lowest BCUT2D eigenvalue weighted by Crippen LogP contribution is -2.31. The summed E-state index contributed by atoms with van der Waals surface area (Å²) in [7, 11) is 0. The van der Waals surface area contributed by atoms with Crippen LogP contribution in [0.1, 0.15) is 24.8 Å². The highest BCUT2D eigenvalue weighted by Crippen LogP contribution is 2.36. The number of hydrogen-bond acceptors (Lipinski definition) is 2. The van der Waals surface area contributed by atoms with E-state index in [1.807, 2.05) is 0 Å². The highest BCUT2D eigenvalue weighted by Gasteiger charge is 2.39. The third-order valence-electron chi connectivity index (χ3n) is 4.39. The molecule has 1 aromatic carbocycles. The molecular formula is C15H21NO. The number of aliphatic hydroxyl groups excluding tert-OH is 1. The third kappa shape index (κ3) is 2.38. The normalized spacial score (nSPS) is 33.6. The molecule has 0 bridgehead atoms. The number of nitrogens with zero attached hydrogens (tertiary/aromatic N) is 1. The first-order valence-corrected chi connectivity index (χ1v) is 6.77. The smallest absolute Gasteiger partial charge is 0.0583 e. The molecule has 92 valence electrons. The van der Waals surface area contributed by atoms with Crippen molar-refractivity contribution in [2.45, 2.75) is 31.9 Å². The second-order valence-electron chi connectivity index (χ2n) is 5.60. The molecule has 1 heterocycles. The quantitative estimate of drug-likeness (QED) is 0.844. The van der Waals surface area contributed by atoms with E-state index < -0.39 is 0 Å². The van der Waals surface area contributed by atoms with Crippen LogP contribution in [0.15, 0.2) is 30.3 Å². The molecule has 3 rings (SSSR count). The summed E-state index contributed by atoms with van der Waals surface area (Å²) in [6, 6.07) is 10.7. The van der Waals surface area contributed by atoms with Crippen LogP contribution in [-0.2, 0) is 6.54 Å². The maximum atomic E-state index is 10.0. The minimum absolute atomic E-state index is 0.0467. The van der Waals surface area contributed by atoms with Crippen LogP contribution in [-0.4, -0.2) is 29.2 Å². The van der Waals surface area contributed by atoms with Crippen LogP contribution >= 0.6 is 0 Å². The zero-order chi connectivity index (χ0) is 11.7. The Morgan fingerprint density at radius 2 is 1.94 bits per heavy atom. The molecule has 1 aliphatic carbocycles. The van der Waals surface area contributed by atoms with Gasteiger partial charge < -0.3 is 5.11 Å². The fourth-order valence-electron chi connectivity index (χ4n) is 3.50. The van der Waals surface area contributed by atoms with Gasteiger partial charge in [-0.1, -0.05) is 36.8 Å². The molecule has 2 nitrogen and oxygen atoms in total. The Morgan fingerprint density at radius 1 is 1.12 bits per heavy atom. The van der Waals surface area contributed by atoms with E-state index in [0.717, 1.165) is 25.4 Å². The van der Waals surface area contributed by atoms with Gasteiger partial charge in [-0.3, -0.25) is 4.90 Å². The summed E-state index contributed by atoms with van der Waals surface area (Å²) in [6.07, 6.45) is 3.49. The summed E-state index contributed by atoms with van der Waals surface area (Å²) in [6.45, 7) is 3.30. The van der Waals surface area contributed by atoms with Crippen LogP contribution in [0.3, 0.4) is 0 Å². The molecule has 2 aliphatic rings. The topological polar surface area (TPSA) is 23.5 Å². The molecule has 0 aromatic heterocycles. The SMILES string of the molecule is O[C@@H]1CCCC2CN(Cc3ccccc3)CC21. The van der Waals surface area contributed by atoms with Crippen LogP contribution in [0.2, 0.25) is 0 Å². The van der Waals surface area contributed by atoms with Crippen LogP contribution in [0.5, 0.6) is 0 Å². The Hall–Kier alpha value is -0.860. The number of benzene rings is 1. The molecule has 0 spiro atoms. The molecule has 1 saturated carbocycles. The van der Waals surface area contributed by atoms with Crippen molar-refractivity contribution < 1.29 is 5.11 Å². The molecule has 1 saturated heterocycles. The third-order valence-corrected chi connectivity index (χ3v) is 4.39. The molecule has 0 amide bonds. The van der Waals surface area contributed by atoms with E-state index in [9.17, 15) is 5.11 Å². The average molecular weight is 231 g/mol. The van der Waals surface area contributed by atoms with Gasteiger partial charge in [0.05, 0.1) is 6.10 Å². The number of fused-ring (bicyclic) bond motifs is 1.